The lowest BCUT2D eigenvalue weighted by atomic mass is 10.2. The summed E-state index contributed by atoms with van der Waals surface area (Å²) in [5.41, 5.74) is 2.02. The molecule has 0 atom stereocenters. The summed E-state index contributed by atoms with van der Waals surface area (Å²) in [6, 6.07) is 23.2. The van der Waals surface area contributed by atoms with Gasteiger partial charge in [-0.25, -0.2) is 0 Å². The number of hydrogen-bond acceptors (Lipinski definition) is 3. The number of para-hydroxylation sites is 1. The lowest BCUT2D eigenvalue weighted by Crippen LogP contribution is -2.28. The first kappa shape index (κ1) is 19.5. The highest BCUT2D eigenvalue weighted by atomic mass is 35.5. The third-order valence-electron chi connectivity index (χ3n) is 3.94. The zero-order valence-corrected chi connectivity index (χ0v) is 15.8. The maximum atomic E-state index is 12.3. The van der Waals surface area contributed by atoms with E-state index < -0.39 is 0 Å². The number of hydrogen-bond donors (Lipinski definition) is 2. The van der Waals surface area contributed by atoms with Crippen molar-refractivity contribution in [3.8, 4) is 5.75 Å². The van der Waals surface area contributed by atoms with E-state index in [9.17, 15) is 9.59 Å². The maximum Gasteiger partial charge on any atom is 0.258 e. The fraction of sp³-hybridized carbons (Fsp3) is 0.0909. The number of carbonyl (C=O) groups is 2. The zero-order chi connectivity index (χ0) is 19.8. The molecule has 6 heteroatoms. The molecule has 0 fully saturated rings. The minimum absolute atomic E-state index is 0.0992. The van der Waals surface area contributed by atoms with Gasteiger partial charge in [-0.3, -0.25) is 9.59 Å². The van der Waals surface area contributed by atoms with Crippen molar-refractivity contribution < 1.29 is 14.3 Å². The van der Waals surface area contributed by atoms with Crippen molar-refractivity contribution >= 4 is 29.1 Å². The molecule has 0 saturated carbocycles. The number of benzene rings is 3. The first-order valence-corrected chi connectivity index (χ1v) is 9.09. The van der Waals surface area contributed by atoms with Gasteiger partial charge in [0.2, 0.25) is 0 Å². The van der Waals surface area contributed by atoms with Gasteiger partial charge in [-0.2, -0.15) is 0 Å². The van der Waals surface area contributed by atoms with Crippen LogP contribution in [0.2, 0.25) is 5.02 Å². The standard InChI is InChI=1S/C22H19ClN2O3/c23-19-8-4-5-9-20(19)25-22(27)17-10-12-18(13-11-17)28-15-21(26)24-14-16-6-2-1-3-7-16/h1-13H,14-15H2,(H,24,26)(H,25,27). The molecule has 2 N–H and O–H groups in total. The molecule has 142 valence electrons. The van der Waals surface area contributed by atoms with Crippen molar-refractivity contribution in [1.29, 1.82) is 0 Å². The van der Waals surface area contributed by atoms with Gasteiger partial charge in [-0.05, 0) is 42.0 Å². The first-order chi connectivity index (χ1) is 13.6. The largest absolute Gasteiger partial charge is 0.484 e. The molecule has 3 aromatic rings. The highest BCUT2D eigenvalue weighted by Crippen LogP contribution is 2.21. The molecule has 28 heavy (non-hydrogen) atoms. The topological polar surface area (TPSA) is 67.4 Å². The Kier molecular flexibility index (Phi) is 6.65. The normalized spacial score (nSPS) is 10.2. The second-order valence-electron chi connectivity index (χ2n) is 6.01. The van der Waals surface area contributed by atoms with Crippen molar-refractivity contribution in [3.05, 3.63) is 95.0 Å². The summed E-state index contributed by atoms with van der Waals surface area (Å²) < 4.78 is 5.46. The van der Waals surface area contributed by atoms with Crippen LogP contribution < -0.4 is 15.4 Å². The van der Waals surface area contributed by atoms with Crippen LogP contribution in [0.4, 0.5) is 5.69 Å². The Morgan fingerprint density at radius 3 is 2.25 bits per heavy atom. The average molecular weight is 395 g/mol. The van der Waals surface area contributed by atoms with Crippen molar-refractivity contribution in [2.75, 3.05) is 11.9 Å². The quantitative estimate of drug-likeness (QED) is 0.628. The molecule has 0 aromatic heterocycles. The number of ether oxygens (including phenoxy) is 1. The number of carbonyl (C=O) groups excluding carboxylic acids is 2. The molecular formula is C22H19ClN2O3. The van der Waals surface area contributed by atoms with Gasteiger partial charge in [0.1, 0.15) is 5.75 Å². The Morgan fingerprint density at radius 2 is 1.54 bits per heavy atom. The van der Waals surface area contributed by atoms with E-state index in [1.807, 2.05) is 30.3 Å². The van der Waals surface area contributed by atoms with Gasteiger partial charge in [0.25, 0.3) is 11.8 Å². The highest BCUT2D eigenvalue weighted by molar-refractivity contribution is 6.33. The molecule has 3 aromatic carbocycles. The molecule has 0 aliphatic rings. The summed E-state index contributed by atoms with van der Waals surface area (Å²) in [5, 5.41) is 6.01. The van der Waals surface area contributed by atoms with E-state index in [4.69, 9.17) is 16.3 Å². The van der Waals surface area contributed by atoms with Gasteiger partial charge in [0.05, 0.1) is 10.7 Å². The van der Waals surface area contributed by atoms with Crippen LogP contribution in [0, 0.1) is 0 Å². The third kappa shape index (κ3) is 5.59. The lowest BCUT2D eigenvalue weighted by molar-refractivity contribution is -0.123. The van der Waals surface area contributed by atoms with E-state index in [1.165, 1.54) is 0 Å². The van der Waals surface area contributed by atoms with Crippen LogP contribution in [0.15, 0.2) is 78.9 Å². The van der Waals surface area contributed by atoms with Crippen LogP contribution in [0.5, 0.6) is 5.75 Å². The van der Waals surface area contributed by atoms with E-state index in [2.05, 4.69) is 10.6 Å². The number of rotatable bonds is 7. The molecule has 0 heterocycles. The Hall–Kier alpha value is -3.31. The van der Waals surface area contributed by atoms with E-state index in [1.54, 1.807) is 48.5 Å². The molecule has 0 bridgehead atoms. The van der Waals surface area contributed by atoms with Crippen molar-refractivity contribution in [1.82, 2.24) is 5.32 Å². The molecule has 0 saturated heterocycles. The minimum atomic E-state index is -0.278. The fourth-order valence-corrected chi connectivity index (χ4v) is 2.64. The summed E-state index contributed by atoms with van der Waals surface area (Å²) >= 11 is 6.04. The van der Waals surface area contributed by atoms with Gasteiger partial charge in [0.15, 0.2) is 6.61 Å². The smallest absolute Gasteiger partial charge is 0.258 e. The molecule has 5 nitrogen and oxygen atoms in total. The van der Waals surface area contributed by atoms with Crippen LogP contribution in [0.3, 0.4) is 0 Å². The molecule has 0 spiro atoms. The SMILES string of the molecule is O=C(COc1ccc(C(=O)Nc2ccccc2Cl)cc1)NCc1ccccc1. The highest BCUT2D eigenvalue weighted by Gasteiger charge is 2.09. The molecule has 0 aliphatic heterocycles. The Morgan fingerprint density at radius 1 is 0.857 bits per heavy atom. The predicted octanol–water partition coefficient (Wildman–Crippen LogP) is 4.29. The monoisotopic (exact) mass is 394 g/mol. The average Bonchev–Trinajstić information content (AvgIpc) is 2.73. The molecular weight excluding hydrogens is 376 g/mol. The van der Waals surface area contributed by atoms with Gasteiger partial charge in [-0.15, -0.1) is 0 Å². The molecule has 0 unspecified atom stereocenters. The summed E-state index contributed by atoms with van der Waals surface area (Å²) in [6.45, 7) is 0.349. The van der Waals surface area contributed by atoms with Crippen LogP contribution in [0.25, 0.3) is 0 Å². The Bertz CT molecular complexity index is 944. The summed E-state index contributed by atoms with van der Waals surface area (Å²) in [5.74, 6) is 0.00815. The second-order valence-corrected chi connectivity index (χ2v) is 6.42. The maximum absolute atomic E-state index is 12.3. The Balaban J connectivity index is 1.48. The van der Waals surface area contributed by atoms with Gasteiger partial charge >= 0.3 is 0 Å². The minimum Gasteiger partial charge on any atom is -0.484 e. The Labute approximate surface area is 168 Å². The first-order valence-electron chi connectivity index (χ1n) is 8.71. The van der Waals surface area contributed by atoms with E-state index in [0.717, 1.165) is 5.56 Å². The van der Waals surface area contributed by atoms with Crippen LogP contribution >= 0.6 is 11.6 Å². The van der Waals surface area contributed by atoms with Gasteiger partial charge in [0, 0.05) is 12.1 Å². The van der Waals surface area contributed by atoms with Gasteiger partial charge in [-0.1, -0.05) is 54.1 Å². The van der Waals surface area contributed by atoms with Crippen LogP contribution in [-0.4, -0.2) is 18.4 Å². The van der Waals surface area contributed by atoms with E-state index in [0.29, 0.717) is 28.6 Å². The van der Waals surface area contributed by atoms with Crippen molar-refractivity contribution in [2.45, 2.75) is 6.54 Å². The third-order valence-corrected chi connectivity index (χ3v) is 4.27. The van der Waals surface area contributed by atoms with E-state index in [-0.39, 0.29) is 18.4 Å². The fourth-order valence-electron chi connectivity index (χ4n) is 2.46. The number of nitrogens with one attached hydrogen (secondary N) is 2. The predicted molar refractivity (Wildman–Crippen MR) is 110 cm³/mol. The van der Waals surface area contributed by atoms with Crippen molar-refractivity contribution in [3.63, 3.8) is 0 Å². The molecule has 0 aliphatic carbocycles. The van der Waals surface area contributed by atoms with E-state index >= 15 is 0 Å². The number of anilines is 1. The van der Waals surface area contributed by atoms with Crippen molar-refractivity contribution in [2.24, 2.45) is 0 Å². The lowest BCUT2D eigenvalue weighted by Gasteiger charge is -2.09. The van der Waals surface area contributed by atoms with Crippen LogP contribution in [0.1, 0.15) is 15.9 Å². The van der Waals surface area contributed by atoms with Gasteiger partial charge < -0.3 is 15.4 Å². The summed E-state index contributed by atoms with van der Waals surface area (Å²) in [7, 11) is 0. The number of amides is 2. The summed E-state index contributed by atoms with van der Waals surface area (Å²) in [6.07, 6.45) is 0. The molecule has 0 radical (unpaired) electrons. The molecule has 2 amide bonds. The molecule has 3 rings (SSSR count). The second kappa shape index (κ2) is 9.58. The summed E-state index contributed by atoms with van der Waals surface area (Å²) in [4.78, 5) is 24.2. The number of halogens is 1. The zero-order valence-electron chi connectivity index (χ0n) is 15.0. The van der Waals surface area contributed by atoms with Crippen LogP contribution in [-0.2, 0) is 11.3 Å².